The average Bonchev–Trinajstić information content (AvgIpc) is 2.66. The summed E-state index contributed by atoms with van der Waals surface area (Å²) >= 11 is 0. The Hall–Kier alpha value is -2.83. The highest BCUT2D eigenvalue weighted by atomic mass is 16.5. The van der Waals surface area contributed by atoms with Crippen molar-refractivity contribution in [1.82, 2.24) is 0 Å². The molecule has 0 saturated heterocycles. The molecule has 0 fully saturated rings. The van der Waals surface area contributed by atoms with Gasteiger partial charge in [-0.1, -0.05) is 24.3 Å². The molecule has 0 bridgehead atoms. The molecule has 138 valence electrons. The van der Waals surface area contributed by atoms with Gasteiger partial charge in [-0.25, -0.2) is 0 Å². The molecule has 0 aromatic heterocycles. The summed E-state index contributed by atoms with van der Waals surface area (Å²) in [5.74, 6) is -0.368. The first-order chi connectivity index (χ1) is 12.5. The predicted octanol–water partition coefficient (Wildman–Crippen LogP) is 2.08. The van der Waals surface area contributed by atoms with E-state index in [1.807, 2.05) is 0 Å². The lowest BCUT2D eigenvalue weighted by Gasteiger charge is -2.17. The van der Waals surface area contributed by atoms with Crippen LogP contribution in [0, 0.1) is 0 Å². The molecule has 1 aliphatic rings. The van der Waals surface area contributed by atoms with Crippen LogP contribution in [0.1, 0.15) is 17.0 Å². The fourth-order valence-electron chi connectivity index (χ4n) is 2.64. The summed E-state index contributed by atoms with van der Waals surface area (Å²) in [5, 5.41) is 29.3. The number of aromatic hydroxyl groups is 1. The molecular formula is C20H22O6. The van der Waals surface area contributed by atoms with Crippen LogP contribution in [0.25, 0.3) is 6.08 Å². The highest BCUT2D eigenvalue weighted by Crippen LogP contribution is 2.37. The van der Waals surface area contributed by atoms with E-state index in [-0.39, 0.29) is 36.3 Å². The number of ketones is 1. The Bertz CT molecular complexity index is 786. The van der Waals surface area contributed by atoms with Crippen LogP contribution in [0.5, 0.6) is 11.5 Å². The second kappa shape index (κ2) is 9.03. The number of carbonyl (C=O) groups is 1. The van der Waals surface area contributed by atoms with Crippen molar-refractivity contribution in [3.63, 3.8) is 0 Å². The van der Waals surface area contributed by atoms with Crippen molar-refractivity contribution >= 4 is 11.9 Å². The highest BCUT2D eigenvalue weighted by Gasteiger charge is 2.19. The number of hydrogen-bond donors (Lipinski definition) is 3. The molecule has 0 saturated carbocycles. The van der Waals surface area contributed by atoms with Crippen LogP contribution >= 0.6 is 0 Å². The first-order valence-electron chi connectivity index (χ1n) is 8.03. The first-order valence-corrected chi connectivity index (χ1v) is 8.03. The fraction of sp³-hybridized carbons (Fsp3) is 0.250. The monoisotopic (exact) mass is 358 g/mol. The molecule has 1 aliphatic carbocycles. The summed E-state index contributed by atoms with van der Waals surface area (Å²) in [6.07, 6.45) is 9.57. The number of aliphatic hydroxyl groups is 2. The molecule has 0 radical (unpaired) electrons. The molecule has 0 amide bonds. The molecule has 1 unspecified atom stereocenters. The lowest BCUT2D eigenvalue weighted by atomic mass is 9.92. The van der Waals surface area contributed by atoms with Crippen molar-refractivity contribution in [3.8, 4) is 11.5 Å². The molecule has 1 aromatic carbocycles. The predicted molar refractivity (Wildman–Crippen MR) is 97.9 cm³/mol. The van der Waals surface area contributed by atoms with Crippen LogP contribution in [0.2, 0.25) is 0 Å². The lowest BCUT2D eigenvalue weighted by Crippen LogP contribution is -2.07. The van der Waals surface area contributed by atoms with Crippen molar-refractivity contribution in [2.24, 2.45) is 0 Å². The Morgan fingerprint density at radius 2 is 1.92 bits per heavy atom. The molecule has 6 heteroatoms. The first kappa shape index (κ1) is 19.5. The van der Waals surface area contributed by atoms with E-state index in [9.17, 15) is 15.0 Å². The van der Waals surface area contributed by atoms with Crippen LogP contribution in [-0.2, 0) is 9.53 Å². The zero-order chi connectivity index (χ0) is 19.1. The van der Waals surface area contributed by atoms with E-state index in [0.29, 0.717) is 16.7 Å². The topological polar surface area (TPSA) is 96.2 Å². The van der Waals surface area contributed by atoms with Crippen molar-refractivity contribution in [2.75, 3.05) is 27.4 Å². The van der Waals surface area contributed by atoms with E-state index in [4.69, 9.17) is 14.6 Å². The Morgan fingerprint density at radius 3 is 2.54 bits per heavy atom. The zero-order valence-corrected chi connectivity index (χ0v) is 14.7. The Balaban J connectivity index is 2.48. The summed E-state index contributed by atoms with van der Waals surface area (Å²) in [6, 6.07) is 3.34. The highest BCUT2D eigenvalue weighted by molar-refractivity contribution is 6.04. The SMILES string of the molecule is COC1=C/C(=C/C(CO)c2cc(/C=C/CO)cc(OC)c2O)C=CC1=O. The minimum Gasteiger partial charge on any atom is -0.504 e. The Morgan fingerprint density at radius 1 is 1.15 bits per heavy atom. The van der Waals surface area contributed by atoms with Gasteiger partial charge in [0, 0.05) is 11.5 Å². The zero-order valence-electron chi connectivity index (χ0n) is 14.7. The third-order valence-electron chi connectivity index (χ3n) is 3.94. The van der Waals surface area contributed by atoms with Crippen LogP contribution < -0.4 is 4.74 Å². The van der Waals surface area contributed by atoms with Crippen molar-refractivity contribution < 1.29 is 29.6 Å². The largest absolute Gasteiger partial charge is 0.504 e. The standard InChI is InChI=1S/C20H22O6/c1-25-18-10-14(5-6-17(18)23)8-15(12-22)16-9-13(4-3-7-21)11-19(26-2)20(16)24/h3-6,8-11,15,21-22,24H,7,12H2,1-2H3/b4-3+,14-8+. The number of methoxy groups -OCH3 is 2. The molecular weight excluding hydrogens is 336 g/mol. The van der Waals surface area contributed by atoms with Crippen molar-refractivity contribution in [2.45, 2.75) is 5.92 Å². The maximum atomic E-state index is 11.6. The molecule has 0 heterocycles. The second-order valence-electron chi connectivity index (χ2n) is 5.61. The summed E-state index contributed by atoms with van der Waals surface area (Å²) in [4.78, 5) is 11.6. The maximum Gasteiger partial charge on any atom is 0.220 e. The van der Waals surface area contributed by atoms with Gasteiger partial charge < -0.3 is 24.8 Å². The molecule has 1 aromatic rings. The van der Waals surface area contributed by atoms with Gasteiger partial charge in [0.25, 0.3) is 0 Å². The number of hydrogen-bond acceptors (Lipinski definition) is 6. The van der Waals surface area contributed by atoms with Gasteiger partial charge in [0.05, 0.1) is 27.4 Å². The molecule has 6 nitrogen and oxygen atoms in total. The van der Waals surface area contributed by atoms with Gasteiger partial charge in [-0.05, 0) is 35.4 Å². The van der Waals surface area contributed by atoms with Crippen molar-refractivity contribution in [1.29, 1.82) is 0 Å². The molecule has 1 atom stereocenters. The number of carbonyl (C=O) groups excluding carboxylic acids is 1. The number of phenolic OH excluding ortho intramolecular Hbond substituents is 1. The summed E-state index contributed by atoms with van der Waals surface area (Å²) < 4.78 is 10.2. The number of ether oxygens (including phenoxy) is 2. The smallest absolute Gasteiger partial charge is 0.220 e. The third kappa shape index (κ3) is 4.41. The molecule has 2 rings (SSSR count). The summed E-state index contributed by atoms with van der Waals surface area (Å²) in [7, 11) is 2.85. The normalized spacial score (nSPS) is 16.8. The van der Waals surface area contributed by atoms with Gasteiger partial charge in [0.1, 0.15) is 0 Å². The van der Waals surface area contributed by atoms with E-state index in [1.165, 1.54) is 20.3 Å². The summed E-state index contributed by atoms with van der Waals surface area (Å²) in [5.41, 5.74) is 1.85. The van der Waals surface area contributed by atoms with Gasteiger partial charge >= 0.3 is 0 Å². The van der Waals surface area contributed by atoms with Gasteiger partial charge in [-0.2, -0.15) is 0 Å². The van der Waals surface area contributed by atoms with E-state index in [2.05, 4.69) is 0 Å². The van der Waals surface area contributed by atoms with Crippen LogP contribution in [-0.4, -0.2) is 48.5 Å². The van der Waals surface area contributed by atoms with Crippen molar-refractivity contribution in [3.05, 3.63) is 65.0 Å². The fourth-order valence-corrected chi connectivity index (χ4v) is 2.64. The lowest BCUT2D eigenvalue weighted by molar-refractivity contribution is -0.114. The molecule has 3 N–H and O–H groups in total. The Kier molecular flexibility index (Phi) is 6.77. The maximum absolute atomic E-state index is 11.6. The average molecular weight is 358 g/mol. The van der Waals surface area contributed by atoms with Gasteiger partial charge in [-0.15, -0.1) is 0 Å². The van der Waals surface area contributed by atoms with E-state index >= 15 is 0 Å². The van der Waals surface area contributed by atoms with Gasteiger partial charge in [0.2, 0.25) is 5.78 Å². The minimum atomic E-state index is -0.534. The number of rotatable bonds is 7. The number of benzene rings is 1. The van der Waals surface area contributed by atoms with E-state index in [1.54, 1.807) is 42.5 Å². The van der Waals surface area contributed by atoms with E-state index < -0.39 is 5.92 Å². The third-order valence-corrected chi connectivity index (χ3v) is 3.94. The quantitative estimate of drug-likeness (QED) is 0.691. The van der Waals surface area contributed by atoms with Gasteiger partial charge in [0.15, 0.2) is 17.3 Å². The number of allylic oxidation sites excluding steroid dienone is 4. The van der Waals surface area contributed by atoms with Crippen LogP contribution in [0.4, 0.5) is 0 Å². The molecule has 0 aliphatic heterocycles. The summed E-state index contributed by atoms with van der Waals surface area (Å²) in [6.45, 7) is -0.374. The van der Waals surface area contributed by atoms with Crippen LogP contribution in [0.3, 0.4) is 0 Å². The second-order valence-corrected chi connectivity index (χ2v) is 5.61. The number of phenols is 1. The van der Waals surface area contributed by atoms with Gasteiger partial charge in [-0.3, -0.25) is 4.79 Å². The minimum absolute atomic E-state index is 0.0728. The Labute approximate surface area is 152 Å². The van der Waals surface area contributed by atoms with Crippen LogP contribution in [0.15, 0.2) is 53.8 Å². The number of aliphatic hydroxyl groups excluding tert-OH is 2. The molecule has 0 spiro atoms. The van der Waals surface area contributed by atoms with E-state index in [0.717, 1.165) is 0 Å². The molecule has 26 heavy (non-hydrogen) atoms.